The minimum atomic E-state index is 0.586. The van der Waals surface area contributed by atoms with Crippen LogP contribution in [0.3, 0.4) is 0 Å². The summed E-state index contributed by atoms with van der Waals surface area (Å²) in [6.45, 7) is 6.31. The molecule has 2 aromatic rings. The minimum Gasteiger partial charge on any atom is -0.321 e. The average molecular weight is 318 g/mol. The third-order valence-electron chi connectivity index (χ3n) is 4.47. The van der Waals surface area contributed by atoms with Crippen LogP contribution in [0.1, 0.15) is 49.6 Å². The minimum absolute atomic E-state index is 0.586. The largest absolute Gasteiger partial charge is 0.321 e. The van der Waals surface area contributed by atoms with Crippen molar-refractivity contribution in [1.82, 2.24) is 14.5 Å². The van der Waals surface area contributed by atoms with Crippen molar-refractivity contribution in [3.8, 4) is 0 Å². The number of aromatic nitrogens is 2. The summed E-state index contributed by atoms with van der Waals surface area (Å²) in [4.78, 5) is 6.95. The zero-order valence-corrected chi connectivity index (χ0v) is 14.3. The molecule has 1 heterocycles. The zero-order chi connectivity index (χ0) is 15.7. The Bertz CT molecular complexity index is 626. The van der Waals surface area contributed by atoms with Gasteiger partial charge in [-0.2, -0.15) is 0 Å². The average Bonchev–Trinajstić information content (AvgIpc) is 3.30. The molecule has 3 nitrogen and oxygen atoms in total. The maximum atomic E-state index is 6.10. The number of benzene rings is 1. The summed E-state index contributed by atoms with van der Waals surface area (Å²) in [5.74, 6) is 1.62. The Labute approximate surface area is 137 Å². The molecule has 1 aromatic carbocycles. The molecule has 1 aliphatic rings. The molecule has 1 saturated carbocycles. The van der Waals surface area contributed by atoms with Crippen molar-refractivity contribution in [3.63, 3.8) is 0 Å². The van der Waals surface area contributed by atoms with Crippen molar-refractivity contribution in [3.05, 3.63) is 52.6 Å². The van der Waals surface area contributed by atoms with E-state index in [9.17, 15) is 0 Å². The molecule has 1 aliphatic carbocycles. The van der Waals surface area contributed by atoms with Gasteiger partial charge in [0.05, 0.1) is 12.7 Å². The summed E-state index contributed by atoms with van der Waals surface area (Å²) < 4.78 is 1.97. The van der Waals surface area contributed by atoms with Gasteiger partial charge in [-0.1, -0.05) is 49.7 Å². The number of imidazole rings is 1. The van der Waals surface area contributed by atoms with Gasteiger partial charge in [0.25, 0.3) is 0 Å². The smallest absolute Gasteiger partial charge is 0.128 e. The lowest BCUT2D eigenvalue weighted by Crippen LogP contribution is -2.26. The highest BCUT2D eigenvalue weighted by atomic mass is 35.5. The molecule has 0 N–H and O–H groups in total. The maximum absolute atomic E-state index is 6.10. The Balaban J connectivity index is 1.70. The molecule has 0 radical (unpaired) electrons. The third kappa shape index (κ3) is 3.53. The van der Waals surface area contributed by atoms with Gasteiger partial charge in [-0.15, -0.1) is 0 Å². The molecule has 0 saturated heterocycles. The number of hydrogen-bond acceptors (Lipinski definition) is 2. The number of nitrogens with zero attached hydrogens (tertiary/aromatic N) is 3. The van der Waals surface area contributed by atoms with Crippen LogP contribution < -0.4 is 0 Å². The van der Waals surface area contributed by atoms with Gasteiger partial charge in [-0.05, 0) is 29.9 Å². The molecule has 4 heteroatoms. The quantitative estimate of drug-likeness (QED) is 0.789. The van der Waals surface area contributed by atoms with Crippen LogP contribution in [0, 0.1) is 0 Å². The Morgan fingerprint density at radius 3 is 2.41 bits per heavy atom. The van der Waals surface area contributed by atoms with Gasteiger partial charge in [0.1, 0.15) is 11.0 Å². The second-order valence-corrected chi connectivity index (χ2v) is 6.98. The summed E-state index contributed by atoms with van der Waals surface area (Å²) in [5.41, 5.74) is 2.77. The normalized spacial score (nSPS) is 15.0. The fraction of sp³-hybridized carbons (Fsp3) is 0.500. The van der Waals surface area contributed by atoms with E-state index in [1.165, 1.54) is 24.0 Å². The van der Waals surface area contributed by atoms with E-state index in [2.05, 4.69) is 48.0 Å². The predicted molar refractivity (Wildman–Crippen MR) is 91.0 cm³/mol. The Morgan fingerprint density at radius 1 is 1.23 bits per heavy atom. The van der Waals surface area contributed by atoms with Gasteiger partial charge in [-0.25, -0.2) is 4.98 Å². The molecule has 0 atom stereocenters. The van der Waals surface area contributed by atoms with Crippen LogP contribution in [0.15, 0.2) is 30.5 Å². The second kappa shape index (κ2) is 6.43. The van der Waals surface area contributed by atoms with Crippen LogP contribution in [0.5, 0.6) is 0 Å². The lowest BCUT2D eigenvalue weighted by atomic mass is 10.0. The van der Waals surface area contributed by atoms with E-state index in [1.54, 1.807) is 6.20 Å². The number of hydrogen-bond donors (Lipinski definition) is 0. The molecular formula is C18H24ClN3. The Morgan fingerprint density at radius 2 is 1.91 bits per heavy atom. The van der Waals surface area contributed by atoms with Crippen LogP contribution in [0.25, 0.3) is 0 Å². The molecule has 1 aromatic heterocycles. The fourth-order valence-corrected chi connectivity index (χ4v) is 2.90. The topological polar surface area (TPSA) is 21.1 Å². The van der Waals surface area contributed by atoms with Crippen LogP contribution in [-0.4, -0.2) is 20.5 Å². The molecule has 3 rings (SSSR count). The van der Waals surface area contributed by atoms with E-state index in [1.807, 2.05) is 11.6 Å². The standard InChI is InChI=1S/C18H24ClN3/c1-13(2)15-6-4-14(5-7-15)11-22(16-8-9-16)12-18-20-10-17(19)21(18)3/h4-7,10,13,16H,8-9,11-12H2,1-3H3. The van der Waals surface area contributed by atoms with Gasteiger partial charge in [0.2, 0.25) is 0 Å². The first-order valence-electron chi connectivity index (χ1n) is 8.03. The van der Waals surface area contributed by atoms with Crippen LogP contribution in [0.4, 0.5) is 0 Å². The highest BCUT2D eigenvalue weighted by Gasteiger charge is 2.29. The molecule has 0 amide bonds. The number of halogens is 1. The molecule has 0 bridgehead atoms. The third-order valence-corrected chi connectivity index (χ3v) is 4.82. The van der Waals surface area contributed by atoms with Gasteiger partial charge < -0.3 is 4.57 Å². The molecular weight excluding hydrogens is 294 g/mol. The molecule has 22 heavy (non-hydrogen) atoms. The van der Waals surface area contributed by atoms with Crippen molar-refractivity contribution < 1.29 is 0 Å². The molecule has 0 spiro atoms. The summed E-state index contributed by atoms with van der Waals surface area (Å²) in [6, 6.07) is 9.72. The van der Waals surface area contributed by atoms with Crippen LogP contribution >= 0.6 is 11.6 Å². The van der Waals surface area contributed by atoms with Crippen molar-refractivity contribution in [1.29, 1.82) is 0 Å². The Hall–Kier alpha value is -1.32. The highest BCUT2D eigenvalue weighted by Crippen LogP contribution is 2.30. The number of rotatable bonds is 6. The van der Waals surface area contributed by atoms with Crippen LogP contribution in [-0.2, 0) is 20.1 Å². The highest BCUT2D eigenvalue weighted by molar-refractivity contribution is 6.29. The molecule has 118 valence electrons. The lowest BCUT2D eigenvalue weighted by molar-refractivity contribution is 0.237. The first kappa shape index (κ1) is 15.6. The van der Waals surface area contributed by atoms with Crippen molar-refractivity contribution >= 4 is 11.6 Å². The fourth-order valence-electron chi connectivity index (χ4n) is 2.75. The molecule has 0 unspecified atom stereocenters. The maximum Gasteiger partial charge on any atom is 0.128 e. The first-order valence-corrected chi connectivity index (χ1v) is 8.41. The summed E-state index contributed by atoms with van der Waals surface area (Å²) in [6.07, 6.45) is 4.32. The lowest BCUT2D eigenvalue weighted by Gasteiger charge is -2.22. The van der Waals surface area contributed by atoms with Crippen LogP contribution in [0.2, 0.25) is 5.15 Å². The Kier molecular flexibility index (Phi) is 4.55. The van der Waals surface area contributed by atoms with Gasteiger partial charge in [0, 0.05) is 19.6 Å². The van der Waals surface area contributed by atoms with E-state index in [-0.39, 0.29) is 0 Å². The molecule has 1 fully saturated rings. The zero-order valence-electron chi connectivity index (χ0n) is 13.6. The monoisotopic (exact) mass is 317 g/mol. The van der Waals surface area contributed by atoms with E-state index < -0.39 is 0 Å². The van der Waals surface area contributed by atoms with Gasteiger partial charge in [0.15, 0.2) is 0 Å². The van der Waals surface area contributed by atoms with E-state index >= 15 is 0 Å². The molecule has 0 aliphatic heterocycles. The summed E-state index contributed by atoms with van der Waals surface area (Å²) in [7, 11) is 1.98. The van der Waals surface area contributed by atoms with Crippen molar-refractivity contribution in [2.45, 2.75) is 51.7 Å². The van der Waals surface area contributed by atoms with E-state index in [0.717, 1.165) is 18.9 Å². The van der Waals surface area contributed by atoms with E-state index in [0.29, 0.717) is 17.1 Å². The second-order valence-electron chi connectivity index (χ2n) is 6.59. The summed E-state index contributed by atoms with van der Waals surface area (Å²) in [5, 5.41) is 0.701. The van der Waals surface area contributed by atoms with E-state index in [4.69, 9.17) is 11.6 Å². The SMILES string of the molecule is CC(C)c1ccc(CN(Cc2ncc(Cl)n2C)C2CC2)cc1. The van der Waals surface area contributed by atoms with Crippen molar-refractivity contribution in [2.24, 2.45) is 7.05 Å². The van der Waals surface area contributed by atoms with Crippen molar-refractivity contribution in [2.75, 3.05) is 0 Å². The first-order chi connectivity index (χ1) is 10.5. The summed E-state index contributed by atoms with van der Waals surface area (Å²) >= 11 is 6.10. The predicted octanol–water partition coefficient (Wildman–Crippen LogP) is 4.36. The van der Waals surface area contributed by atoms with Gasteiger partial charge >= 0.3 is 0 Å². The van der Waals surface area contributed by atoms with Gasteiger partial charge in [-0.3, -0.25) is 4.90 Å².